The standard InChI is InChI=1S/C23H29N3O5/c1-16-10-20(28-2)21(29-3)11-17(16)13-25-6-8-26(9-7-25)14-23(27)24-18-4-5-19-22(12-18)31-15-30-19/h4-5,10-12H,6-9,13-15H2,1-3H3,(H,24,27). The molecule has 31 heavy (non-hydrogen) atoms. The number of benzene rings is 2. The molecule has 2 heterocycles. The molecule has 0 atom stereocenters. The quantitative estimate of drug-likeness (QED) is 0.728. The summed E-state index contributed by atoms with van der Waals surface area (Å²) in [5.41, 5.74) is 3.13. The lowest BCUT2D eigenvalue weighted by molar-refractivity contribution is -0.117. The summed E-state index contributed by atoms with van der Waals surface area (Å²) in [7, 11) is 3.31. The second kappa shape index (κ2) is 9.45. The summed E-state index contributed by atoms with van der Waals surface area (Å²) in [6, 6.07) is 9.51. The number of carbonyl (C=O) groups excluding carboxylic acids is 1. The van der Waals surface area contributed by atoms with E-state index in [9.17, 15) is 4.79 Å². The van der Waals surface area contributed by atoms with E-state index in [1.807, 2.05) is 18.2 Å². The predicted octanol–water partition coefficient (Wildman–Crippen LogP) is 2.50. The van der Waals surface area contributed by atoms with Gasteiger partial charge in [0, 0.05) is 44.5 Å². The van der Waals surface area contributed by atoms with Crippen molar-refractivity contribution >= 4 is 11.6 Å². The number of piperazine rings is 1. The Morgan fingerprint density at radius 2 is 1.65 bits per heavy atom. The van der Waals surface area contributed by atoms with Crippen LogP contribution in [-0.2, 0) is 11.3 Å². The number of methoxy groups -OCH3 is 2. The molecule has 0 bridgehead atoms. The van der Waals surface area contributed by atoms with E-state index in [1.54, 1.807) is 20.3 Å². The third-order valence-corrected chi connectivity index (χ3v) is 5.72. The van der Waals surface area contributed by atoms with Crippen molar-refractivity contribution in [3.05, 3.63) is 41.5 Å². The molecule has 2 aliphatic rings. The Labute approximate surface area is 182 Å². The number of aryl methyl sites for hydroxylation is 1. The Hall–Kier alpha value is -2.97. The molecule has 1 saturated heterocycles. The highest BCUT2D eigenvalue weighted by Gasteiger charge is 2.21. The van der Waals surface area contributed by atoms with Crippen molar-refractivity contribution in [1.82, 2.24) is 9.80 Å². The van der Waals surface area contributed by atoms with E-state index >= 15 is 0 Å². The minimum Gasteiger partial charge on any atom is -0.493 e. The highest BCUT2D eigenvalue weighted by atomic mass is 16.7. The Bertz CT molecular complexity index is 941. The van der Waals surface area contributed by atoms with Crippen molar-refractivity contribution in [2.75, 3.05) is 59.1 Å². The summed E-state index contributed by atoms with van der Waals surface area (Å²) in [5.74, 6) is 2.85. The molecule has 8 heteroatoms. The van der Waals surface area contributed by atoms with Gasteiger partial charge in [0.1, 0.15) is 0 Å². The maximum absolute atomic E-state index is 12.5. The fourth-order valence-electron chi connectivity index (χ4n) is 3.92. The maximum atomic E-state index is 12.5. The lowest BCUT2D eigenvalue weighted by Crippen LogP contribution is -2.48. The number of ether oxygens (including phenoxy) is 4. The van der Waals surface area contributed by atoms with E-state index in [2.05, 4.69) is 28.1 Å². The van der Waals surface area contributed by atoms with Gasteiger partial charge in [-0.2, -0.15) is 0 Å². The van der Waals surface area contributed by atoms with Gasteiger partial charge in [0.05, 0.1) is 20.8 Å². The van der Waals surface area contributed by atoms with E-state index in [0.717, 1.165) is 49.9 Å². The molecule has 2 aliphatic heterocycles. The van der Waals surface area contributed by atoms with Gasteiger partial charge in [0.15, 0.2) is 23.0 Å². The van der Waals surface area contributed by atoms with E-state index in [-0.39, 0.29) is 12.7 Å². The van der Waals surface area contributed by atoms with Crippen LogP contribution in [0.3, 0.4) is 0 Å². The normalized spacial score (nSPS) is 16.2. The summed E-state index contributed by atoms with van der Waals surface area (Å²) in [6.45, 7) is 7.05. The predicted molar refractivity (Wildman–Crippen MR) is 117 cm³/mol. The van der Waals surface area contributed by atoms with Gasteiger partial charge >= 0.3 is 0 Å². The number of carbonyl (C=O) groups is 1. The van der Waals surface area contributed by atoms with Gasteiger partial charge in [-0.05, 0) is 42.3 Å². The van der Waals surface area contributed by atoms with Crippen LogP contribution >= 0.6 is 0 Å². The van der Waals surface area contributed by atoms with Crippen LogP contribution in [0.5, 0.6) is 23.0 Å². The van der Waals surface area contributed by atoms with Crippen molar-refractivity contribution in [3.8, 4) is 23.0 Å². The highest BCUT2D eigenvalue weighted by Crippen LogP contribution is 2.34. The fraction of sp³-hybridized carbons (Fsp3) is 0.435. The van der Waals surface area contributed by atoms with Gasteiger partial charge < -0.3 is 24.3 Å². The van der Waals surface area contributed by atoms with E-state index in [4.69, 9.17) is 18.9 Å². The van der Waals surface area contributed by atoms with E-state index in [0.29, 0.717) is 18.0 Å². The van der Waals surface area contributed by atoms with Gasteiger partial charge in [-0.25, -0.2) is 0 Å². The number of hydrogen-bond donors (Lipinski definition) is 1. The first-order chi connectivity index (χ1) is 15.1. The Kier molecular flexibility index (Phi) is 6.48. The molecule has 166 valence electrons. The first kappa shape index (κ1) is 21.3. The van der Waals surface area contributed by atoms with Crippen molar-refractivity contribution < 1.29 is 23.7 Å². The van der Waals surface area contributed by atoms with E-state index in [1.165, 1.54) is 11.1 Å². The van der Waals surface area contributed by atoms with Gasteiger partial charge in [0.2, 0.25) is 12.7 Å². The van der Waals surface area contributed by atoms with Gasteiger partial charge in [0.25, 0.3) is 0 Å². The lowest BCUT2D eigenvalue weighted by atomic mass is 10.1. The highest BCUT2D eigenvalue weighted by molar-refractivity contribution is 5.92. The SMILES string of the molecule is COc1cc(C)c(CN2CCN(CC(=O)Nc3ccc4c(c3)OCO4)CC2)cc1OC. The smallest absolute Gasteiger partial charge is 0.238 e. The molecule has 1 N–H and O–H groups in total. The average molecular weight is 428 g/mol. The van der Waals surface area contributed by atoms with Crippen LogP contribution in [0.2, 0.25) is 0 Å². The minimum atomic E-state index is -0.0250. The Morgan fingerprint density at radius 3 is 2.39 bits per heavy atom. The van der Waals surface area contributed by atoms with Crippen LogP contribution in [0.1, 0.15) is 11.1 Å². The molecule has 0 unspecified atom stereocenters. The first-order valence-corrected chi connectivity index (χ1v) is 10.4. The fourth-order valence-corrected chi connectivity index (χ4v) is 3.92. The molecule has 0 radical (unpaired) electrons. The molecule has 2 aromatic carbocycles. The second-order valence-corrected chi connectivity index (χ2v) is 7.80. The van der Waals surface area contributed by atoms with Crippen molar-refractivity contribution in [2.24, 2.45) is 0 Å². The molecule has 0 aromatic heterocycles. The zero-order valence-corrected chi connectivity index (χ0v) is 18.3. The van der Waals surface area contributed by atoms with Crippen molar-refractivity contribution in [2.45, 2.75) is 13.5 Å². The summed E-state index contributed by atoms with van der Waals surface area (Å²) in [4.78, 5) is 17.0. The van der Waals surface area contributed by atoms with Crippen LogP contribution in [0.4, 0.5) is 5.69 Å². The monoisotopic (exact) mass is 427 g/mol. The number of nitrogens with zero attached hydrogens (tertiary/aromatic N) is 2. The molecule has 1 fully saturated rings. The van der Waals surface area contributed by atoms with Crippen molar-refractivity contribution in [1.29, 1.82) is 0 Å². The molecule has 0 aliphatic carbocycles. The second-order valence-electron chi connectivity index (χ2n) is 7.80. The molecule has 8 nitrogen and oxygen atoms in total. The third kappa shape index (κ3) is 5.03. The number of nitrogens with one attached hydrogen (secondary N) is 1. The number of anilines is 1. The number of hydrogen-bond acceptors (Lipinski definition) is 7. The molecular weight excluding hydrogens is 398 g/mol. The van der Waals surface area contributed by atoms with Crippen molar-refractivity contribution in [3.63, 3.8) is 0 Å². The number of amides is 1. The van der Waals surface area contributed by atoms with Crippen LogP contribution in [0.15, 0.2) is 30.3 Å². The number of rotatable bonds is 7. The zero-order valence-electron chi connectivity index (χ0n) is 18.3. The minimum absolute atomic E-state index is 0.0250. The molecule has 1 amide bonds. The summed E-state index contributed by atoms with van der Waals surface area (Å²) >= 11 is 0. The topological polar surface area (TPSA) is 72.5 Å². The molecule has 0 saturated carbocycles. The van der Waals surface area contributed by atoms with Crippen LogP contribution in [-0.4, -0.2) is 69.4 Å². The Morgan fingerprint density at radius 1 is 0.968 bits per heavy atom. The Balaban J connectivity index is 1.26. The largest absolute Gasteiger partial charge is 0.493 e. The van der Waals surface area contributed by atoms with Gasteiger partial charge in [-0.3, -0.25) is 14.6 Å². The van der Waals surface area contributed by atoms with Crippen LogP contribution in [0.25, 0.3) is 0 Å². The summed E-state index contributed by atoms with van der Waals surface area (Å²) in [5, 5.41) is 2.95. The van der Waals surface area contributed by atoms with E-state index < -0.39 is 0 Å². The summed E-state index contributed by atoms with van der Waals surface area (Å²) < 4.78 is 21.5. The summed E-state index contributed by atoms with van der Waals surface area (Å²) in [6.07, 6.45) is 0. The molecule has 0 spiro atoms. The molecule has 4 rings (SSSR count). The number of fused-ring (bicyclic) bond motifs is 1. The molecule has 2 aromatic rings. The lowest BCUT2D eigenvalue weighted by Gasteiger charge is -2.34. The molecular formula is C23H29N3O5. The third-order valence-electron chi connectivity index (χ3n) is 5.72. The van der Waals surface area contributed by atoms with Crippen LogP contribution < -0.4 is 24.3 Å². The first-order valence-electron chi connectivity index (χ1n) is 10.4. The van der Waals surface area contributed by atoms with Gasteiger partial charge in [-0.15, -0.1) is 0 Å². The van der Waals surface area contributed by atoms with Crippen LogP contribution in [0, 0.1) is 6.92 Å². The maximum Gasteiger partial charge on any atom is 0.238 e. The zero-order chi connectivity index (χ0) is 21.8. The van der Waals surface area contributed by atoms with Gasteiger partial charge in [-0.1, -0.05) is 0 Å². The average Bonchev–Trinajstić information content (AvgIpc) is 3.24.